The van der Waals surface area contributed by atoms with Gasteiger partial charge in [0.2, 0.25) is 0 Å². The van der Waals surface area contributed by atoms with Crippen LogP contribution in [0.5, 0.6) is 0 Å². The van der Waals surface area contributed by atoms with E-state index in [9.17, 15) is 4.39 Å². The van der Waals surface area contributed by atoms with E-state index in [1.54, 1.807) is 12.1 Å². The second-order valence-corrected chi connectivity index (χ2v) is 6.56. The van der Waals surface area contributed by atoms with Crippen LogP contribution in [0.15, 0.2) is 18.2 Å². The third-order valence-electron chi connectivity index (χ3n) is 3.71. The summed E-state index contributed by atoms with van der Waals surface area (Å²) in [4.78, 5) is 2.40. The highest BCUT2D eigenvalue weighted by atomic mass is 19.1. The van der Waals surface area contributed by atoms with Crippen molar-refractivity contribution in [3.63, 3.8) is 0 Å². The van der Waals surface area contributed by atoms with Gasteiger partial charge in [-0.1, -0.05) is 0 Å². The van der Waals surface area contributed by atoms with Crippen molar-refractivity contribution in [1.82, 2.24) is 5.32 Å². The van der Waals surface area contributed by atoms with E-state index in [-0.39, 0.29) is 11.4 Å². The number of rotatable bonds is 3. The topological polar surface area (TPSA) is 15.3 Å². The van der Waals surface area contributed by atoms with Gasteiger partial charge in [-0.2, -0.15) is 0 Å². The van der Waals surface area contributed by atoms with Crippen LogP contribution in [0.3, 0.4) is 0 Å². The maximum Gasteiger partial charge on any atom is 0.123 e. The molecule has 1 unspecified atom stereocenters. The van der Waals surface area contributed by atoms with E-state index in [1.165, 1.54) is 18.5 Å². The Morgan fingerprint density at radius 3 is 2.68 bits per heavy atom. The summed E-state index contributed by atoms with van der Waals surface area (Å²) < 4.78 is 13.5. The van der Waals surface area contributed by atoms with Crippen LogP contribution in [0.1, 0.15) is 46.1 Å². The molecule has 0 spiro atoms. The fourth-order valence-electron chi connectivity index (χ4n) is 2.63. The summed E-state index contributed by atoms with van der Waals surface area (Å²) in [5, 5.41) is 3.45. The van der Waals surface area contributed by atoms with Crippen LogP contribution in [0.4, 0.5) is 10.1 Å². The molecule has 0 aromatic heterocycles. The minimum atomic E-state index is -0.152. The number of halogens is 1. The molecule has 1 aliphatic heterocycles. The first-order chi connectivity index (χ1) is 8.87. The molecule has 0 amide bonds. The number of nitrogens with one attached hydrogen (secondary N) is 1. The lowest BCUT2D eigenvalue weighted by Crippen LogP contribution is -2.36. The highest BCUT2D eigenvalue weighted by Gasteiger charge is 2.23. The zero-order valence-corrected chi connectivity index (χ0v) is 12.5. The van der Waals surface area contributed by atoms with Crippen molar-refractivity contribution in [1.29, 1.82) is 0 Å². The Hall–Kier alpha value is -1.09. The molecule has 106 valence electrons. The average molecular weight is 264 g/mol. The zero-order chi connectivity index (χ0) is 14.0. The molecule has 1 N–H and O–H groups in total. The lowest BCUT2D eigenvalue weighted by Gasteiger charge is -2.28. The number of nitrogens with zero attached hydrogens (tertiary/aromatic N) is 1. The van der Waals surface area contributed by atoms with Gasteiger partial charge in [-0.3, -0.25) is 0 Å². The number of hydrogen-bond donors (Lipinski definition) is 1. The van der Waals surface area contributed by atoms with E-state index in [1.807, 2.05) is 6.07 Å². The maximum absolute atomic E-state index is 13.5. The summed E-state index contributed by atoms with van der Waals surface area (Å²) in [5.74, 6) is -0.152. The van der Waals surface area contributed by atoms with Crippen molar-refractivity contribution in [3.05, 3.63) is 29.6 Å². The van der Waals surface area contributed by atoms with Crippen LogP contribution in [0, 0.1) is 5.82 Å². The molecule has 2 rings (SSSR count). The second-order valence-electron chi connectivity index (χ2n) is 6.56. The average Bonchev–Trinajstić information content (AvgIpc) is 2.72. The van der Waals surface area contributed by atoms with Gasteiger partial charge in [0.1, 0.15) is 5.82 Å². The van der Waals surface area contributed by atoms with Gasteiger partial charge in [-0.05, 0) is 64.3 Å². The normalized spacial score (nSPS) is 20.1. The Morgan fingerprint density at radius 2 is 2.11 bits per heavy atom. The van der Waals surface area contributed by atoms with Gasteiger partial charge in [0.05, 0.1) is 0 Å². The molecular weight excluding hydrogens is 239 g/mol. The molecule has 1 fully saturated rings. The van der Waals surface area contributed by atoms with Gasteiger partial charge in [0.15, 0.2) is 0 Å². The molecular formula is C16H25FN2. The fraction of sp³-hybridized carbons (Fsp3) is 0.625. The minimum Gasteiger partial charge on any atom is -0.369 e. The van der Waals surface area contributed by atoms with E-state index in [2.05, 4.69) is 37.9 Å². The molecule has 0 aliphatic carbocycles. The van der Waals surface area contributed by atoms with Crippen molar-refractivity contribution in [2.75, 3.05) is 11.4 Å². The lowest BCUT2D eigenvalue weighted by molar-refractivity contribution is 0.423. The van der Waals surface area contributed by atoms with Crippen LogP contribution >= 0.6 is 0 Å². The quantitative estimate of drug-likeness (QED) is 0.895. The van der Waals surface area contributed by atoms with Gasteiger partial charge in [-0.15, -0.1) is 0 Å². The first-order valence-electron chi connectivity index (χ1n) is 7.17. The van der Waals surface area contributed by atoms with Crippen molar-refractivity contribution in [3.8, 4) is 0 Å². The van der Waals surface area contributed by atoms with Gasteiger partial charge in [0, 0.05) is 30.4 Å². The number of anilines is 1. The number of hydrogen-bond acceptors (Lipinski definition) is 2. The van der Waals surface area contributed by atoms with Gasteiger partial charge >= 0.3 is 0 Å². The van der Waals surface area contributed by atoms with Gasteiger partial charge < -0.3 is 10.2 Å². The first-order valence-corrected chi connectivity index (χ1v) is 7.17. The zero-order valence-electron chi connectivity index (χ0n) is 12.5. The third kappa shape index (κ3) is 3.69. The summed E-state index contributed by atoms with van der Waals surface area (Å²) in [7, 11) is 0. The lowest BCUT2D eigenvalue weighted by atomic mass is 10.1. The highest BCUT2D eigenvalue weighted by molar-refractivity contribution is 5.55. The Balaban J connectivity index is 2.22. The van der Waals surface area contributed by atoms with E-state index in [4.69, 9.17) is 0 Å². The standard InChI is InChI=1S/C16H25FN2/c1-12-6-5-9-19(12)15-8-7-14(17)10-13(15)11-18-16(2,3)4/h7-8,10,12,18H,5-6,9,11H2,1-4H3. The summed E-state index contributed by atoms with van der Waals surface area (Å²) >= 11 is 0. The Bertz CT molecular complexity index is 437. The predicted octanol–water partition coefficient (Wildman–Crippen LogP) is 3.70. The van der Waals surface area contributed by atoms with E-state index in [0.29, 0.717) is 12.6 Å². The molecule has 19 heavy (non-hydrogen) atoms. The van der Waals surface area contributed by atoms with E-state index < -0.39 is 0 Å². The summed E-state index contributed by atoms with van der Waals surface area (Å²) in [6, 6.07) is 5.72. The van der Waals surface area contributed by atoms with Crippen molar-refractivity contribution in [2.24, 2.45) is 0 Å². The highest BCUT2D eigenvalue weighted by Crippen LogP contribution is 2.29. The van der Waals surface area contributed by atoms with Crippen LogP contribution in [0.25, 0.3) is 0 Å². The molecule has 0 saturated carbocycles. The predicted molar refractivity (Wildman–Crippen MR) is 79.0 cm³/mol. The van der Waals surface area contributed by atoms with Crippen molar-refractivity contribution < 1.29 is 4.39 Å². The second kappa shape index (κ2) is 5.49. The van der Waals surface area contributed by atoms with Crippen molar-refractivity contribution in [2.45, 2.75) is 58.7 Å². The molecule has 2 nitrogen and oxygen atoms in total. The molecule has 1 saturated heterocycles. The van der Waals surface area contributed by atoms with Gasteiger partial charge in [-0.25, -0.2) is 4.39 Å². The molecule has 1 aliphatic rings. The van der Waals surface area contributed by atoms with E-state index >= 15 is 0 Å². The van der Waals surface area contributed by atoms with Crippen LogP contribution in [-0.2, 0) is 6.54 Å². The smallest absolute Gasteiger partial charge is 0.123 e. The number of benzene rings is 1. The molecule has 0 radical (unpaired) electrons. The van der Waals surface area contributed by atoms with E-state index in [0.717, 1.165) is 12.1 Å². The minimum absolute atomic E-state index is 0.0419. The Labute approximate surface area is 116 Å². The Kier molecular flexibility index (Phi) is 4.14. The summed E-state index contributed by atoms with van der Waals surface area (Å²) in [6.07, 6.45) is 2.45. The van der Waals surface area contributed by atoms with Crippen LogP contribution < -0.4 is 10.2 Å². The van der Waals surface area contributed by atoms with Crippen LogP contribution in [0.2, 0.25) is 0 Å². The first kappa shape index (κ1) is 14.3. The molecule has 1 atom stereocenters. The third-order valence-corrected chi connectivity index (χ3v) is 3.71. The molecule has 1 heterocycles. The molecule has 3 heteroatoms. The largest absolute Gasteiger partial charge is 0.369 e. The van der Waals surface area contributed by atoms with Crippen LogP contribution in [-0.4, -0.2) is 18.1 Å². The molecule has 1 aromatic rings. The summed E-state index contributed by atoms with van der Waals surface area (Å²) in [5.41, 5.74) is 2.28. The van der Waals surface area contributed by atoms with Crippen molar-refractivity contribution >= 4 is 5.69 Å². The maximum atomic E-state index is 13.5. The van der Waals surface area contributed by atoms with Gasteiger partial charge in [0.25, 0.3) is 0 Å². The molecule has 0 bridgehead atoms. The Morgan fingerprint density at radius 1 is 1.37 bits per heavy atom. The molecule has 1 aromatic carbocycles. The SMILES string of the molecule is CC1CCCN1c1ccc(F)cc1CNC(C)(C)C. The summed E-state index contributed by atoms with van der Waals surface area (Å²) in [6.45, 7) is 10.4. The monoisotopic (exact) mass is 264 g/mol. The fourth-order valence-corrected chi connectivity index (χ4v) is 2.63.